The summed E-state index contributed by atoms with van der Waals surface area (Å²) < 4.78 is 5.05. The smallest absolute Gasteiger partial charge is 0.107 e. The summed E-state index contributed by atoms with van der Waals surface area (Å²) in [5.41, 5.74) is 0. The lowest BCUT2D eigenvalue weighted by Gasteiger charge is -1.96. The molecule has 0 heterocycles. The number of terminal acetylenes is 1. The van der Waals surface area contributed by atoms with Crippen LogP contribution in [0.3, 0.4) is 0 Å². The fourth-order valence-electron chi connectivity index (χ4n) is 0.585. The van der Waals surface area contributed by atoms with Gasteiger partial charge < -0.3 is 4.74 Å². The van der Waals surface area contributed by atoms with E-state index in [1.165, 1.54) is 12.8 Å². The number of ether oxygens (including phenoxy) is 1. The fourth-order valence-corrected chi connectivity index (χ4v) is 0.585. The average Bonchev–Trinajstić information content (AvgIpc) is 1.89. The Bertz CT molecular complexity index is 81.2. The summed E-state index contributed by atoms with van der Waals surface area (Å²) in [6.07, 6.45) is 8.58. The van der Waals surface area contributed by atoms with Gasteiger partial charge >= 0.3 is 0 Å². The molecule has 0 fully saturated rings. The van der Waals surface area contributed by atoms with Crippen LogP contribution >= 0.6 is 0 Å². The molecule has 0 aliphatic carbocycles. The van der Waals surface area contributed by atoms with Gasteiger partial charge in [-0.25, -0.2) is 0 Å². The first-order valence-electron chi connectivity index (χ1n) is 3.43. The molecule has 0 amide bonds. The van der Waals surface area contributed by atoms with Gasteiger partial charge in [0.25, 0.3) is 0 Å². The van der Waals surface area contributed by atoms with Gasteiger partial charge in [-0.3, -0.25) is 0 Å². The highest BCUT2D eigenvalue weighted by Crippen LogP contribution is 1.92. The normalized spacial score (nSPS) is 8.00. The van der Waals surface area contributed by atoms with Crippen LogP contribution < -0.4 is 0 Å². The molecule has 1 heteroatoms. The maximum absolute atomic E-state index is 5.05. The van der Waals surface area contributed by atoms with E-state index in [1.54, 1.807) is 0 Å². The third-order valence-electron chi connectivity index (χ3n) is 1.08. The quantitative estimate of drug-likeness (QED) is 0.423. The molecule has 0 saturated carbocycles. The maximum atomic E-state index is 5.05. The van der Waals surface area contributed by atoms with Crippen molar-refractivity contribution in [1.29, 1.82) is 0 Å². The van der Waals surface area contributed by atoms with Gasteiger partial charge in [-0.15, -0.1) is 6.42 Å². The van der Waals surface area contributed by atoms with Crippen molar-refractivity contribution in [2.75, 3.05) is 13.2 Å². The van der Waals surface area contributed by atoms with Crippen LogP contribution in [0.25, 0.3) is 0 Å². The first kappa shape index (κ1) is 12.2. The van der Waals surface area contributed by atoms with Crippen LogP contribution in [0.5, 0.6) is 0 Å². The van der Waals surface area contributed by atoms with Crippen molar-refractivity contribution in [2.45, 2.75) is 33.6 Å². The zero-order chi connectivity index (χ0) is 6.95. The first-order valence-corrected chi connectivity index (χ1v) is 3.43. The zero-order valence-electron chi connectivity index (χ0n) is 6.02. The Morgan fingerprint density at radius 3 is 2.60 bits per heavy atom. The van der Waals surface area contributed by atoms with Crippen molar-refractivity contribution in [3.8, 4) is 12.3 Å². The molecule has 0 N–H and O–H groups in total. The molecule has 0 aliphatic rings. The van der Waals surface area contributed by atoms with Gasteiger partial charge in [0, 0.05) is 6.61 Å². The molecule has 0 unspecified atom stereocenters. The van der Waals surface area contributed by atoms with Crippen LogP contribution in [0.4, 0.5) is 0 Å². The van der Waals surface area contributed by atoms with Gasteiger partial charge in [-0.1, -0.05) is 33.1 Å². The van der Waals surface area contributed by atoms with E-state index in [9.17, 15) is 0 Å². The summed E-state index contributed by atoms with van der Waals surface area (Å²) in [4.78, 5) is 0. The van der Waals surface area contributed by atoms with Crippen molar-refractivity contribution in [2.24, 2.45) is 0 Å². The number of rotatable bonds is 5. The third kappa shape index (κ3) is 10.5. The second-order valence-corrected chi connectivity index (χ2v) is 1.96. The molecule has 0 aromatic carbocycles. The summed E-state index contributed by atoms with van der Waals surface area (Å²) in [5.74, 6) is 2.42. The highest BCUT2D eigenvalue weighted by Gasteiger charge is 1.83. The lowest BCUT2D eigenvalue weighted by atomic mass is 10.3. The van der Waals surface area contributed by atoms with E-state index in [4.69, 9.17) is 11.2 Å². The van der Waals surface area contributed by atoms with Gasteiger partial charge in [-0.05, 0) is 6.42 Å². The van der Waals surface area contributed by atoms with Crippen molar-refractivity contribution < 1.29 is 4.74 Å². The molecule has 0 aromatic rings. The van der Waals surface area contributed by atoms with E-state index < -0.39 is 0 Å². The van der Waals surface area contributed by atoms with E-state index in [0.29, 0.717) is 6.61 Å². The molecular weight excluding hydrogens is 124 g/mol. The molecule has 0 bridgehead atoms. The third-order valence-corrected chi connectivity index (χ3v) is 1.08. The Hall–Kier alpha value is -0.480. The van der Waals surface area contributed by atoms with E-state index in [0.717, 1.165) is 13.0 Å². The van der Waals surface area contributed by atoms with Crippen molar-refractivity contribution in [1.82, 2.24) is 0 Å². The van der Waals surface area contributed by atoms with E-state index in [-0.39, 0.29) is 7.43 Å². The van der Waals surface area contributed by atoms with Crippen LogP contribution in [-0.4, -0.2) is 13.2 Å². The van der Waals surface area contributed by atoms with Gasteiger partial charge in [0.05, 0.1) is 0 Å². The minimum atomic E-state index is 0. The van der Waals surface area contributed by atoms with Crippen LogP contribution in [0, 0.1) is 12.3 Å². The molecule has 60 valence electrons. The molecule has 0 aliphatic heterocycles. The second kappa shape index (κ2) is 11.3. The number of unbranched alkanes of at least 4 members (excludes halogenated alkanes) is 2. The molecule has 0 atom stereocenters. The van der Waals surface area contributed by atoms with Gasteiger partial charge in [0.2, 0.25) is 0 Å². The standard InChI is InChI=1S/C8H14O.CH4/c1-3-5-6-8-9-7-4-2;/h2H,3,5-8H2,1H3;1H4. The summed E-state index contributed by atoms with van der Waals surface area (Å²) in [6.45, 7) is 3.45. The fraction of sp³-hybridized carbons (Fsp3) is 0.778. The topological polar surface area (TPSA) is 9.23 Å². The van der Waals surface area contributed by atoms with Crippen LogP contribution in [0.2, 0.25) is 0 Å². The number of hydrogen-bond donors (Lipinski definition) is 0. The monoisotopic (exact) mass is 142 g/mol. The molecule has 0 spiro atoms. The number of hydrogen-bond acceptors (Lipinski definition) is 1. The molecule has 0 aromatic heterocycles. The first-order chi connectivity index (χ1) is 4.41. The molecule has 0 rings (SSSR count). The summed E-state index contributed by atoms with van der Waals surface area (Å²) in [6, 6.07) is 0. The lowest BCUT2D eigenvalue weighted by molar-refractivity contribution is 0.162. The van der Waals surface area contributed by atoms with Crippen molar-refractivity contribution in [3.63, 3.8) is 0 Å². The Morgan fingerprint density at radius 2 is 2.10 bits per heavy atom. The summed E-state index contributed by atoms with van der Waals surface area (Å²) >= 11 is 0. The summed E-state index contributed by atoms with van der Waals surface area (Å²) in [5, 5.41) is 0. The van der Waals surface area contributed by atoms with Gasteiger partial charge in [-0.2, -0.15) is 0 Å². The van der Waals surface area contributed by atoms with Gasteiger partial charge in [0.15, 0.2) is 0 Å². The Morgan fingerprint density at radius 1 is 1.40 bits per heavy atom. The van der Waals surface area contributed by atoms with E-state index in [1.807, 2.05) is 0 Å². The Balaban J connectivity index is 0. The minimum Gasteiger partial charge on any atom is -0.369 e. The highest BCUT2D eigenvalue weighted by atomic mass is 16.5. The predicted molar refractivity (Wildman–Crippen MR) is 45.9 cm³/mol. The van der Waals surface area contributed by atoms with Crippen LogP contribution in [0.1, 0.15) is 33.6 Å². The van der Waals surface area contributed by atoms with Crippen LogP contribution in [-0.2, 0) is 4.74 Å². The maximum Gasteiger partial charge on any atom is 0.107 e. The Kier molecular flexibility index (Phi) is 13.9. The van der Waals surface area contributed by atoms with Crippen LogP contribution in [0.15, 0.2) is 0 Å². The van der Waals surface area contributed by atoms with Crippen molar-refractivity contribution >= 4 is 0 Å². The van der Waals surface area contributed by atoms with E-state index in [2.05, 4.69) is 12.8 Å². The SMILES string of the molecule is C.C#CCOCCCCC. The second-order valence-electron chi connectivity index (χ2n) is 1.96. The average molecular weight is 142 g/mol. The largest absolute Gasteiger partial charge is 0.369 e. The molecule has 0 saturated heterocycles. The molecule has 0 radical (unpaired) electrons. The molecule has 1 nitrogen and oxygen atoms in total. The minimum absolute atomic E-state index is 0. The van der Waals surface area contributed by atoms with Gasteiger partial charge in [0.1, 0.15) is 6.61 Å². The van der Waals surface area contributed by atoms with Crippen molar-refractivity contribution in [3.05, 3.63) is 0 Å². The Labute approximate surface area is 64.8 Å². The zero-order valence-corrected chi connectivity index (χ0v) is 6.02. The highest BCUT2D eigenvalue weighted by molar-refractivity contribution is 4.82. The molecular formula is C9H18O. The molecule has 10 heavy (non-hydrogen) atoms. The lowest BCUT2D eigenvalue weighted by Crippen LogP contribution is -1.93. The van der Waals surface area contributed by atoms with E-state index >= 15 is 0 Å². The predicted octanol–water partition coefficient (Wildman–Crippen LogP) is 2.46. The summed E-state index contributed by atoms with van der Waals surface area (Å²) in [7, 11) is 0.